The van der Waals surface area contributed by atoms with E-state index in [4.69, 9.17) is 4.74 Å². The average Bonchev–Trinajstić information content (AvgIpc) is 2.51. The summed E-state index contributed by atoms with van der Waals surface area (Å²) in [5.41, 5.74) is -0.511. The van der Waals surface area contributed by atoms with Crippen LogP contribution in [0.1, 0.15) is 6.92 Å². The molecule has 0 radical (unpaired) electrons. The third kappa shape index (κ3) is 3.80. The number of carbonyl (C=O) groups is 1. The van der Waals surface area contributed by atoms with Crippen LogP contribution in [0.25, 0.3) is 0 Å². The molecular weight excluding hydrogens is 342 g/mol. The lowest BCUT2D eigenvalue weighted by atomic mass is 10.3. The van der Waals surface area contributed by atoms with E-state index >= 15 is 0 Å². The number of anilines is 2. The van der Waals surface area contributed by atoms with E-state index in [0.29, 0.717) is 0 Å². The van der Waals surface area contributed by atoms with Gasteiger partial charge in [-0.25, -0.2) is 17.2 Å². The van der Waals surface area contributed by atoms with Crippen LogP contribution in [0.15, 0.2) is 41.3 Å². The van der Waals surface area contributed by atoms with Gasteiger partial charge in [-0.1, -0.05) is 6.07 Å². The third-order valence-corrected chi connectivity index (χ3v) is 4.34. The van der Waals surface area contributed by atoms with E-state index in [-0.39, 0.29) is 22.2 Å². The highest BCUT2D eigenvalue weighted by molar-refractivity contribution is 7.92. The highest BCUT2D eigenvalue weighted by atomic mass is 32.2. The molecular formula is C15H14F2N2O4S. The van der Waals surface area contributed by atoms with Crippen molar-refractivity contribution in [2.45, 2.75) is 11.8 Å². The Balaban J connectivity index is 2.41. The molecule has 6 nitrogen and oxygen atoms in total. The molecule has 0 heterocycles. The lowest BCUT2D eigenvalue weighted by Gasteiger charge is -2.13. The van der Waals surface area contributed by atoms with Crippen molar-refractivity contribution in [3.05, 3.63) is 48.0 Å². The van der Waals surface area contributed by atoms with Crippen molar-refractivity contribution < 1.29 is 26.7 Å². The largest absolute Gasteiger partial charge is 0.495 e. The summed E-state index contributed by atoms with van der Waals surface area (Å²) in [4.78, 5) is 10.8. The molecule has 0 bridgehead atoms. The van der Waals surface area contributed by atoms with E-state index in [9.17, 15) is 22.0 Å². The Labute approximate surface area is 137 Å². The summed E-state index contributed by atoms with van der Waals surface area (Å²) >= 11 is 0. The average molecular weight is 356 g/mol. The number of nitrogens with one attached hydrogen (secondary N) is 2. The minimum absolute atomic E-state index is 0.0853. The molecule has 0 spiro atoms. The number of benzene rings is 2. The van der Waals surface area contributed by atoms with Crippen molar-refractivity contribution in [3.63, 3.8) is 0 Å². The highest BCUT2D eigenvalue weighted by Gasteiger charge is 2.20. The maximum atomic E-state index is 13.6. The number of methoxy groups -OCH3 is 1. The molecule has 0 aromatic heterocycles. The standard InChI is InChI=1S/C15H14F2N2O4S/c1-9(20)18-13-7-6-10(8-14(13)23-2)24(21,22)19-15-11(16)4-3-5-12(15)17/h3-8,19H,1-2H3,(H,18,20). The molecule has 0 aliphatic rings. The van der Waals surface area contributed by atoms with Gasteiger partial charge in [0.15, 0.2) is 0 Å². The van der Waals surface area contributed by atoms with Gasteiger partial charge in [0, 0.05) is 13.0 Å². The van der Waals surface area contributed by atoms with Crippen molar-refractivity contribution in [2.75, 3.05) is 17.1 Å². The summed E-state index contributed by atoms with van der Waals surface area (Å²) in [5.74, 6) is -2.36. The summed E-state index contributed by atoms with van der Waals surface area (Å²) in [6.45, 7) is 1.28. The number of ether oxygens (including phenoxy) is 1. The van der Waals surface area contributed by atoms with Gasteiger partial charge in [0.25, 0.3) is 10.0 Å². The minimum atomic E-state index is -4.26. The first-order valence-corrected chi connectivity index (χ1v) is 8.15. The lowest BCUT2D eigenvalue weighted by molar-refractivity contribution is -0.114. The van der Waals surface area contributed by atoms with Crippen molar-refractivity contribution in [1.29, 1.82) is 0 Å². The zero-order valence-electron chi connectivity index (χ0n) is 12.8. The number of hydrogen-bond donors (Lipinski definition) is 2. The Morgan fingerprint density at radius 3 is 2.29 bits per heavy atom. The molecule has 2 rings (SSSR count). The van der Waals surface area contributed by atoms with Crippen LogP contribution in [0, 0.1) is 11.6 Å². The molecule has 0 saturated carbocycles. The summed E-state index contributed by atoms with van der Waals surface area (Å²) in [6.07, 6.45) is 0. The smallest absolute Gasteiger partial charge is 0.262 e. The van der Waals surface area contributed by atoms with Gasteiger partial charge in [-0.2, -0.15) is 0 Å². The molecule has 128 valence electrons. The monoisotopic (exact) mass is 356 g/mol. The van der Waals surface area contributed by atoms with Crippen LogP contribution in [0.3, 0.4) is 0 Å². The Kier molecular flexibility index (Phi) is 5.03. The lowest BCUT2D eigenvalue weighted by Crippen LogP contribution is -2.16. The maximum absolute atomic E-state index is 13.6. The number of sulfonamides is 1. The molecule has 0 atom stereocenters. The first kappa shape index (κ1) is 17.7. The van der Waals surface area contributed by atoms with E-state index in [1.807, 2.05) is 4.72 Å². The van der Waals surface area contributed by atoms with Crippen LogP contribution in [-0.4, -0.2) is 21.4 Å². The fourth-order valence-corrected chi connectivity index (χ4v) is 3.01. The van der Waals surface area contributed by atoms with E-state index in [2.05, 4.69) is 5.32 Å². The van der Waals surface area contributed by atoms with Gasteiger partial charge >= 0.3 is 0 Å². The number of hydrogen-bond acceptors (Lipinski definition) is 4. The molecule has 0 unspecified atom stereocenters. The number of amides is 1. The van der Waals surface area contributed by atoms with Crippen LogP contribution < -0.4 is 14.8 Å². The van der Waals surface area contributed by atoms with Crippen molar-refractivity contribution in [1.82, 2.24) is 0 Å². The van der Waals surface area contributed by atoms with Gasteiger partial charge in [-0.3, -0.25) is 9.52 Å². The molecule has 0 saturated heterocycles. The Bertz CT molecular complexity index is 865. The SMILES string of the molecule is COc1cc(S(=O)(=O)Nc2c(F)cccc2F)ccc1NC(C)=O. The molecule has 2 N–H and O–H groups in total. The molecule has 0 fully saturated rings. The number of halogens is 2. The zero-order valence-corrected chi connectivity index (χ0v) is 13.6. The Hall–Kier alpha value is -2.68. The van der Waals surface area contributed by atoms with Gasteiger partial charge < -0.3 is 10.1 Å². The quantitative estimate of drug-likeness (QED) is 0.863. The first-order chi connectivity index (χ1) is 11.2. The second-order valence-corrected chi connectivity index (χ2v) is 6.43. The highest BCUT2D eigenvalue weighted by Crippen LogP contribution is 2.29. The first-order valence-electron chi connectivity index (χ1n) is 6.67. The number of para-hydroxylation sites is 1. The van der Waals surface area contributed by atoms with Gasteiger partial charge in [0.05, 0.1) is 17.7 Å². The van der Waals surface area contributed by atoms with Gasteiger partial charge in [-0.15, -0.1) is 0 Å². The predicted molar refractivity (Wildman–Crippen MR) is 84.5 cm³/mol. The van der Waals surface area contributed by atoms with Crippen molar-refractivity contribution in [3.8, 4) is 5.75 Å². The second-order valence-electron chi connectivity index (χ2n) is 4.75. The summed E-state index contributed by atoms with van der Waals surface area (Å²) in [6, 6.07) is 6.60. The number of carbonyl (C=O) groups excluding carboxylic acids is 1. The van der Waals surface area contributed by atoms with Crippen molar-refractivity contribution >= 4 is 27.3 Å². The molecule has 2 aromatic rings. The van der Waals surface area contributed by atoms with Crippen LogP contribution in [0.4, 0.5) is 20.2 Å². The van der Waals surface area contributed by atoms with Crippen LogP contribution in [0.5, 0.6) is 5.75 Å². The molecule has 0 aliphatic heterocycles. The maximum Gasteiger partial charge on any atom is 0.262 e. The third-order valence-electron chi connectivity index (χ3n) is 2.99. The normalized spacial score (nSPS) is 11.0. The van der Waals surface area contributed by atoms with Crippen LogP contribution in [0.2, 0.25) is 0 Å². The minimum Gasteiger partial charge on any atom is -0.495 e. The molecule has 1 amide bonds. The molecule has 0 aliphatic carbocycles. The zero-order chi connectivity index (χ0) is 17.9. The molecule has 9 heteroatoms. The fraction of sp³-hybridized carbons (Fsp3) is 0.133. The Morgan fingerprint density at radius 1 is 1.12 bits per heavy atom. The van der Waals surface area contributed by atoms with Crippen LogP contribution >= 0.6 is 0 Å². The number of rotatable bonds is 5. The van der Waals surface area contributed by atoms with Gasteiger partial charge in [0.2, 0.25) is 5.91 Å². The van der Waals surface area contributed by atoms with E-state index < -0.39 is 27.3 Å². The van der Waals surface area contributed by atoms with Gasteiger partial charge in [-0.05, 0) is 24.3 Å². The van der Waals surface area contributed by atoms with E-state index in [0.717, 1.165) is 24.3 Å². The summed E-state index contributed by atoms with van der Waals surface area (Å²) < 4.78 is 58.7. The van der Waals surface area contributed by atoms with E-state index in [1.54, 1.807) is 0 Å². The molecule has 2 aromatic carbocycles. The fourth-order valence-electron chi connectivity index (χ4n) is 1.92. The predicted octanol–water partition coefficient (Wildman–Crippen LogP) is 2.73. The van der Waals surface area contributed by atoms with Gasteiger partial charge in [0.1, 0.15) is 23.1 Å². The Morgan fingerprint density at radius 2 is 1.75 bits per heavy atom. The second kappa shape index (κ2) is 6.83. The van der Waals surface area contributed by atoms with Crippen LogP contribution in [-0.2, 0) is 14.8 Å². The van der Waals surface area contributed by atoms with E-state index in [1.165, 1.54) is 26.2 Å². The molecule has 24 heavy (non-hydrogen) atoms. The summed E-state index contributed by atoms with van der Waals surface area (Å²) in [7, 11) is -2.97. The van der Waals surface area contributed by atoms with Crippen molar-refractivity contribution in [2.24, 2.45) is 0 Å². The topological polar surface area (TPSA) is 84.5 Å². The summed E-state index contributed by atoms with van der Waals surface area (Å²) in [5, 5.41) is 2.47.